The van der Waals surface area contributed by atoms with Crippen LogP contribution in [0.1, 0.15) is 63.5 Å². The number of nitrogens with one attached hydrogen (secondary N) is 2. The quantitative estimate of drug-likeness (QED) is 0.0750. The van der Waals surface area contributed by atoms with Crippen LogP contribution in [-0.2, 0) is 6.42 Å². The Hall–Kier alpha value is -5.86. The van der Waals surface area contributed by atoms with E-state index in [2.05, 4.69) is 105 Å². The van der Waals surface area contributed by atoms with Crippen LogP contribution in [0.2, 0.25) is 0 Å². The number of piperidine rings is 2. The van der Waals surface area contributed by atoms with Gasteiger partial charge in [0, 0.05) is 77.8 Å². The van der Waals surface area contributed by atoms with E-state index in [4.69, 9.17) is 33.0 Å². The van der Waals surface area contributed by atoms with Gasteiger partial charge >= 0.3 is 0 Å². The van der Waals surface area contributed by atoms with Crippen molar-refractivity contribution in [3.63, 3.8) is 0 Å². The van der Waals surface area contributed by atoms with Crippen molar-refractivity contribution >= 4 is 44.1 Å². The van der Waals surface area contributed by atoms with Crippen molar-refractivity contribution in [2.75, 3.05) is 111 Å². The molecule has 0 spiro atoms. The Bertz CT molecular complexity index is 2860. The average Bonchev–Trinajstić information content (AvgIpc) is 4.24. The summed E-state index contributed by atoms with van der Waals surface area (Å²) in [4.78, 5) is 20.3. The van der Waals surface area contributed by atoms with Gasteiger partial charge in [0.15, 0.2) is 23.0 Å². The number of likely N-dealkylation sites (tertiary alicyclic amines) is 4. The van der Waals surface area contributed by atoms with E-state index in [0.717, 1.165) is 182 Å². The third-order valence-corrected chi connectivity index (χ3v) is 15.4. The van der Waals surface area contributed by atoms with Gasteiger partial charge in [-0.25, -0.2) is 9.97 Å². The molecule has 4 saturated heterocycles. The molecule has 0 saturated carbocycles. The van der Waals surface area contributed by atoms with Gasteiger partial charge in [-0.2, -0.15) is 0 Å². The molecule has 374 valence electrons. The van der Waals surface area contributed by atoms with Crippen molar-refractivity contribution in [1.29, 1.82) is 0 Å². The van der Waals surface area contributed by atoms with Gasteiger partial charge in [-0.3, -0.25) is 0 Å². The van der Waals surface area contributed by atoms with Gasteiger partial charge in [-0.1, -0.05) is 18.2 Å². The van der Waals surface area contributed by atoms with Crippen LogP contribution < -0.4 is 24.8 Å². The summed E-state index contributed by atoms with van der Waals surface area (Å²) in [7, 11) is 6.12. The lowest BCUT2D eigenvalue weighted by atomic mass is 10.0. The van der Waals surface area contributed by atoms with Crippen molar-refractivity contribution in [3.05, 3.63) is 90.7 Å². The summed E-state index contributed by atoms with van der Waals surface area (Å²) in [6.07, 6.45) is 11.0. The molecule has 0 amide bonds. The minimum absolute atomic E-state index is 0.371. The van der Waals surface area contributed by atoms with E-state index in [-0.39, 0.29) is 0 Å². The second-order valence-electron chi connectivity index (χ2n) is 20.8. The maximum absolute atomic E-state index is 6.63. The zero-order valence-corrected chi connectivity index (χ0v) is 42.1. The molecule has 0 radical (unpaired) electrons. The highest BCUT2D eigenvalue weighted by atomic mass is 16.5. The predicted molar refractivity (Wildman–Crippen MR) is 285 cm³/mol. The number of nitrogens with zero attached hydrogens (tertiary/aromatic N) is 6. The Morgan fingerprint density at radius 3 is 2.01 bits per heavy atom. The van der Waals surface area contributed by atoms with Gasteiger partial charge in [0.05, 0.1) is 31.4 Å². The van der Waals surface area contributed by atoms with Crippen molar-refractivity contribution < 1.29 is 23.0 Å². The number of methoxy groups -OCH3 is 1. The van der Waals surface area contributed by atoms with Crippen LogP contribution in [0.3, 0.4) is 0 Å². The van der Waals surface area contributed by atoms with Gasteiger partial charge in [0.25, 0.3) is 0 Å². The van der Waals surface area contributed by atoms with Gasteiger partial charge in [0.1, 0.15) is 28.5 Å². The fourth-order valence-corrected chi connectivity index (χ4v) is 11.3. The van der Waals surface area contributed by atoms with Crippen LogP contribution in [-0.4, -0.2) is 142 Å². The molecule has 0 bridgehead atoms. The highest BCUT2D eigenvalue weighted by Gasteiger charge is 2.26. The third kappa shape index (κ3) is 11.4. The van der Waals surface area contributed by atoms with Gasteiger partial charge in [-0.15, -0.1) is 0 Å². The molecule has 2 N–H and O–H groups in total. The van der Waals surface area contributed by atoms with Crippen molar-refractivity contribution in [3.8, 4) is 40.2 Å². The van der Waals surface area contributed by atoms with E-state index in [1.807, 2.05) is 24.3 Å². The average molecular weight is 961 g/mol. The van der Waals surface area contributed by atoms with Crippen molar-refractivity contribution in [1.82, 2.24) is 29.6 Å². The summed E-state index contributed by atoms with van der Waals surface area (Å²) < 4.78 is 31.7. The SMILES string of the molecule is COc1cc2c(NC3CCN(C)CC3)cc(-c3cc4ccccc4o3)nc2cc1OCCCN1CCC(Cc2ccc(-c3cc(NC4CCN(C)CC4)c4ccc(OCCCN5CCCC5)cc4n3)o2)C1. The summed E-state index contributed by atoms with van der Waals surface area (Å²) in [5.74, 6) is 5.39. The molecule has 7 aromatic rings. The topological polar surface area (TPSA) is 117 Å². The standard InChI is InChI=1S/C58H72N8O5/c1-63-25-17-42(18-26-63)59-49-36-52(61-48-34-44(12-14-46(48)49)68-30-8-23-65-21-6-7-22-65)55-15-13-45(70-55)32-40-16-29-66(39-40)24-9-31-69-58-38-51-47(35-57(58)67-3)50(60-43-19-27-64(2)28-20-43)37-53(62-51)56-33-41-10-4-5-11-54(41)71-56/h4-5,10-15,33-38,40,42-43H,6-9,16-32,39H2,1-3H3,(H,59,61)(H,60,62). The van der Waals surface area contributed by atoms with Crippen molar-refractivity contribution in [2.24, 2.45) is 5.92 Å². The minimum Gasteiger partial charge on any atom is -0.493 e. The normalized spacial score (nSPS) is 19.1. The number of para-hydroxylation sites is 1. The molecule has 13 heteroatoms. The fraction of sp³-hybridized carbons (Fsp3) is 0.483. The van der Waals surface area contributed by atoms with Crippen LogP contribution in [0, 0.1) is 5.92 Å². The molecule has 71 heavy (non-hydrogen) atoms. The van der Waals surface area contributed by atoms with E-state index < -0.39 is 0 Å². The first kappa shape index (κ1) is 47.5. The minimum atomic E-state index is 0.371. The summed E-state index contributed by atoms with van der Waals surface area (Å²) in [6, 6.07) is 30.1. The lowest BCUT2D eigenvalue weighted by Gasteiger charge is -2.30. The Balaban J connectivity index is 0.724. The molecule has 1 unspecified atom stereocenters. The van der Waals surface area contributed by atoms with E-state index in [0.29, 0.717) is 42.7 Å². The number of anilines is 2. The van der Waals surface area contributed by atoms with Crippen LogP contribution in [0.25, 0.3) is 55.7 Å². The van der Waals surface area contributed by atoms with Gasteiger partial charge in [-0.05, 0) is 178 Å². The molecule has 0 aliphatic carbocycles. The van der Waals surface area contributed by atoms with Crippen molar-refractivity contribution in [2.45, 2.75) is 76.3 Å². The first-order chi connectivity index (χ1) is 34.8. The lowest BCUT2D eigenvalue weighted by molar-refractivity contribution is 0.250. The molecule has 4 aliphatic rings. The van der Waals surface area contributed by atoms with E-state index >= 15 is 0 Å². The molecular formula is C58H72N8O5. The van der Waals surface area contributed by atoms with Crippen LogP contribution in [0.5, 0.6) is 17.2 Å². The van der Waals surface area contributed by atoms with Gasteiger partial charge < -0.3 is 53.3 Å². The summed E-state index contributed by atoms with van der Waals surface area (Å²) in [5.41, 5.74) is 6.42. The summed E-state index contributed by atoms with van der Waals surface area (Å²) in [6.45, 7) is 12.2. The number of aromatic nitrogens is 2. The first-order valence-electron chi connectivity index (χ1n) is 26.5. The Kier molecular flexibility index (Phi) is 14.6. The van der Waals surface area contributed by atoms with Crippen LogP contribution in [0.15, 0.2) is 93.8 Å². The number of ether oxygens (including phenoxy) is 3. The smallest absolute Gasteiger partial charge is 0.163 e. The molecule has 3 aromatic carbocycles. The van der Waals surface area contributed by atoms with Crippen LogP contribution >= 0.6 is 0 Å². The molecule has 4 aliphatic heterocycles. The third-order valence-electron chi connectivity index (χ3n) is 15.4. The van der Waals surface area contributed by atoms with E-state index in [1.165, 1.54) is 25.9 Å². The maximum Gasteiger partial charge on any atom is 0.163 e. The Labute approximate surface area is 418 Å². The number of pyridine rings is 2. The summed E-state index contributed by atoms with van der Waals surface area (Å²) >= 11 is 0. The monoisotopic (exact) mass is 961 g/mol. The first-order valence-corrected chi connectivity index (χ1v) is 26.5. The number of hydrogen-bond donors (Lipinski definition) is 2. The fourth-order valence-electron chi connectivity index (χ4n) is 11.3. The predicted octanol–water partition coefficient (Wildman–Crippen LogP) is 10.7. The number of hydrogen-bond acceptors (Lipinski definition) is 13. The van der Waals surface area contributed by atoms with E-state index in [9.17, 15) is 0 Å². The second-order valence-corrected chi connectivity index (χ2v) is 20.8. The molecule has 8 heterocycles. The number of furan rings is 2. The molecule has 1 atom stereocenters. The molecular weight excluding hydrogens is 889 g/mol. The Morgan fingerprint density at radius 2 is 1.28 bits per heavy atom. The Morgan fingerprint density at radius 1 is 0.606 bits per heavy atom. The molecule has 13 nitrogen and oxygen atoms in total. The van der Waals surface area contributed by atoms with E-state index in [1.54, 1.807) is 7.11 Å². The number of rotatable bonds is 19. The lowest BCUT2D eigenvalue weighted by Crippen LogP contribution is -2.36. The number of fused-ring (bicyclic) bond motifs is 3. The highest BCUT2D eigenvalue weighted by molar-refractivity contribution is 5.97. The molecule has 11 rings (SSSR count). The maximum atomic E-state index is 6.63. The van der Waals surface area contributed by atoms with Gasteiger partial charge in [0.2, 0.25) is 0 Å². The van der Waals surface area contributed by atoms with Crippen LogP contribution in [0.4, 0.5) is 11.4 Å². The molecule has 4 fully saturated rings. The summed E-state index contributed by atoms with van der Waals surface area (Å²) in [5, 5.41) is 11.0. The zero-order valence-electron chi connectivity index (χ0n) is 42.1. The number of benzene rings is 3. The zero-order chi connectivity index (χ0) is 48.1. The largest absolute Gasteiger partial charge is 0.493 e. The highest BCUT2D eigenvalue weighted by Crippen LogP contribution is 2.39. The molecule has 4 aromatic heterocycles. The second kappa shape index (κ2) is 21.9.